The van der Waals surface area contributed by atoms with E-state index in [0.717, 1.165) is 28.6 Å². The van der Waals surface area contributed by atoms with Gasteiger partial charge in [-0.2, -0.15) is 5.10 Å². The molecule has 0 spiro atoms. The lowest BCUT2D eigenvalue weighted by Crippen LogP contribution is -2.20. The zero-order valence-corrected chi connectivity index (χ0v) is 26.0. The number of aromatic nitrogens is 6. The fraction of sp³-hybridized carbons (Fsp3) is 0.265. The highest BCUT2D eigenvalue weighted by atomic mass is 19.1. The monoisotopic (exact) mass is 605 g/mol. The quantitative estimate of drug-likeness (QED) is 0.144. The van der Waals surface area contributed by atoms with Gasteiger partial charge in [-0.25, -0.2) is 9.37 Å². The number of aromatic amines is 2. The van der Waals surface area contributed by atoms with Crippen LogP contribution in [0.3, 0.4) is 0 Å². The van der Waals surface area contributed by atoms with Crippen LogP contribution in [0.2, 0.25) is 0 Å². The molecule has 0 unspecified atom stereocenters. The molecule has 10 nitrogen and oxygen atoms in total. The molecule has 0 aliphatic rings. The van der Waals surface area contributed by atoms with E-state index in [-0.39, 0.29) is 17.1 Å². The molecule has 4 aromatic heterocycles. The molecule has 4 heterocycles. The molecule has 0 aliphatic carbocycles. The summed E-state index contributed by atoms with van der Waals surface area (Å²) in [5.41, 5.74) is 7.23. The van der Waals surface area contributed by atoms with Crippen LogP contribution in [-0.2, 0) is 4.79 Å². The van der Waals surface area contributed by atoms with Gasteiger partial charge in [0.15, 0.2) is 5.82 Å². The zero-order chi connectivity index (χ0) is 31.7. The van der Waals surface area contributed by atoms with Gasteiger partial charge in [0.2, 0.25) is 5.91 Å². The average molecular weight is 606 g/mol. The molecule has 2 aromatic carbocycles. The van der Waals surface area contributed by atoms with Gasteiger partial charge in [-0.05, 0) is 67.0 Å². The van der Waals surface area contributed by atoms with Gasteiger partial charge < -0.3 is 20.5 Å². The van der Waals surface area contributed by atoms with Crippen LogP contribution in [0.1, 0.15) is 27.2 Å². The summed E-state index contributed by atoms with van der Waals surface area (Å²) in [6.07, 6.45) is 7.22. The van der Waals surface area contributed by atoms with Crippen molar-refractivity contribution in [2.24, 2.45) is 5.41 Å². The molecule has 6 rings (SSSR count). The first-order valence-electron chi connectivity index (χ1n) is 14.8. The fourth-order valence-electron chi connectivity index (χ4n) is 5.25. The number of likely N-dealkylation sites (N-methyl/N-ethyl adjacent to an activating group) is 1. The normalized spacial score (nSPS) is 11.9. The second-order valence-corrected chi connectivity index (χ2v) is 12.7. The number of fused-ring (bicyclic) bond motifs is 2. The Kier molecular flexibility index (Phi) is 8.03. The Bertz CT molecular complexity index is 2000. The number of H-pyrrole nitrogens is 2. The van der Waals surface area contributed by atoms with Crippen LogP contribution in [0.5, 0.6) is 0 Å². The van der Waals surface area contributed by atoms with E-state index in [9.17, 15) is 9.18 Å². The van der Waals surface area contributed by atoms with E-state index in [1.54, 1.807) is 24.8 Å². The molecule has 0 atom stereocenters. The van der Waals surface area contributed by atoms with Crippen LogP contribution in [0.4, 0.5) is 15.8 Å². The molecule has 11 heteroatoms. The van der Waals surface area contributed by atoms with Crippen molar-refractivity contribution in [2.75, 3.05) is 37.8 Å². The van der Waals surface area contributed by atoms with E-state index in [1.165, 1.54) is 12.1 Å². The standard InChI is InChI=1S/C34H36FN9O/c1-34(2,3)15-30(45)39-25-12-22(16-36-17-25)20-6-7-28-26(13-20)32(43-42-28)33-40-29-19-37-18-27(31(29)41-33)21-10-23(35)14-24(11-21)38-8-9-44(4)5/h6-7,10-14,16-19,38H,8-9,15H2,1-5H3,(H,39,45)(H,40,41)(H,42,43). The van der Waals surface area contributed by atoms with Gasteiger partial charge in [0.05, 0.1) is 34.6 Å². The lowest BCUT2D eigenvalue weighted by atomic mass is 9.92. The molecule has 0 radical (unpaired) electrons. The number of pyridine rings is 2. The van der Waals surface area contributed by atoms with Crippen LogP contribution in [-0.4, -0.2) is 68.1 Å². The van der Waals surface area contributed by atoms with Crippen LogP contribution >= 0.6 is 0 Å². The first-order chi connectivity index (χ1) is 21.5. The van der Waals surface area contributed by atoms with Crippen LogP contribution in [0.15, 0.2) is 67.3 Å². The minimum Gasteiger partial charge on any atom is -0.384 e. The second kappa shape index (κ2) is 12.1. The molecule has 0 saturated carbocycles. The number of rotatable bonds is 9. The van der Waals surface area contributed by atoms with E-state index in [2.05, 4.69) is 40.7 Å². The molecule has 230 valence electrons. The summed E-state index contributed by atoms with van der Waals surface area (Å²) < 4.78 is 14.7. The highest BCUT2D eigenvalue weighted by Gasteiger charge is 2.18. The molecule has 1 amide bonds. The Labute approximate surface area is 260 Å². The number of nitrogens with one attached hydrogen (secondary N) is 4. The SMILES string of the molecule is CN(C)CCNc1cc(F)cc(-c2cncc3[nH]c(-c4n[nH]c5ccc(-c6cncc(NC(=O)CC(C)(C)C)c6)cc45)nc23)c1. The summed E-state index contributed by atoms with van der Waals surface area (Å²) in [4.78, 5) is 31.6. The number of nitrogens with zero attached hydrogens (tertiary/aromatic N) is 5. The van der Waals surface area contributed by atoms with Gasteiger partial charge in [-0.15, -0.1) is 0 Å². The molecule has 0 aliphatic heterocycles. The number of halogens is 1. The van der Waals surface area contributed by atoms with E-state index < -0.39 is 0 Å². The van der Waals surface area contributed by atoms with E-state index in [4.69, 9.17) is 4.98 Å². The van der Waals surface area contributed by atoms with Crippen molar-refractivity contribution in [3.63, 3.8) is 0 Å². The van der Waals surface area contributed by atoms with Gasteiger partial charge in [0, 0.05) is 54.1 Å². The summed E-state index contributed by atoms with van der Waals surface area (Å²) in [5.74, 6) is 0.165. The van der Waals surface area contributed by atoms with Crippen molar-refractivity contribution in [1.82, 2.24) is 35.0 Å². The third kappa shape index (κ3) is 6.83. The number of imidazole rings is 1. The summed E-state index contributed by atoms with van der Waals surface area (Å²) in [6.45, 7) is 7.59. The number of amides is 1. The number of hydrogen-bond donors (Lipinski definition) is 4. The third-order valence-corrected chi connectivity index (χ3v) is 7.32. The van der Waals surface area contributed by atoms with Crippen LogP contribution in [0, 0.1) is 11.2 Å². The van der Waals surface area contributed by atoms with Crippen molar-refractivity contribution < 1.29 is 9.18 Å². The Morgan fingerprint density at radius 3 is 2.51 bits per heavy atom. The Morgan fingerprint density at radius 1 is 0.911 bits per heavy atom. The predicted molar refractivity (Wildman–Crippen MR) is 177 cm³/mol. The van der Waals surface area contributed by atoms with Crippen molar-refractivity contribution in [3.05, 3.63) is 73.1 Å². The van der Waals surface area contributed by atoms with Crippen LogP contribution < -0.4 is 10.6 Å². The molecule has 4 N–H and O–H groups in total. The van der Waals surface area contributed by atoms with Crippen molar-refractivity contribution in [1.29, 1.82) is 0 Å². The minimum atomic E-state index is -0.342. The summed E-state index contributed by atoms with van der Waals surface area (Å²) >= 11 is 0. The molecule has 6 aromatic rings. The van der Waals surface area contributed by atoms with Gasteiger partial charge in [-0.1, -0.05) is 26.8 Å². The van der Waals surface area contributed by atoms with E-state index >= 15 is 0 Å². The molecule has 0 saturated heterocycles. The average Bonchev–Trinajstić information content (AvgIpc) is 3.59. The van der Waals surface area contributed by atoms with Gasteiger partial charge in [-0.3, -0.25) is 19.9 Å². The molecular weight excluding hydrogens is 569 g/mol. The van der Waals surface area contributed by atoms with E-state index in [0.29, 0.717) is 58.0 Å². The summed E-state index contributed by atoms with van der Waals surface area (Å²) in [7, 11) is 3.99. The highest BCUT2D eigenvalue weighted by Crippen LogP contribution is 2.34. The lowest BCUT2D eigenvalue weighted by molar-refractivity contribution is -0.117. The third-order valence-electron chi connectivity index (χ3n) is 7.32. The molecule has 0 fully saturated rings. The second-order valence-electron chi connectivity index (χ2n) is 12.7. The Morgan fingerprint density at radius 2 is 1.71 bits per heavy atom. The van der Waals surface area contributed by atoms with E-state index in [1.807, 2.05) is 65.2 Å². The maximum absolute atomic E-state index is 14.7. The summed E-state index contributed by atoms with van der Waals surface area (Å²) in [6, 6.07) is 12.8. The van der Waals surface area contributed by atoms with Crippen molar-refractivity contribution >= 4 is 39.2 Å². The van der Waals surface area contributed by atoms with Crippen molar-refractivity contribution in [3.8, 4) is 33.8 Å². The minimum absolute atomic E-state index is 0.0529. The number of hydrogen-bond acceptors (Lipinski definition) is 7. The van der Waals surface area contributed by atoms with Gasteiger partial charge >= 0.3 is 0 Å². The lowest BCUT2D eigenvalue weighted by Gasteiger charge is -2.17. The number of carbonyl (C=O) groups excluding carboxylic acids is 1. The number of benzene rings is 2. The first kappa shape index (κ1) is 29.9. The predicted octanol–water partition coefficient (Wildman–Crippen LogP) is 6.72. The molecule has 0 bridgehead atoms. The number of anilines is 2. The topological polar surface area (TPSA) is 128 Å². The maximum Gasteiger partial charge on any atom is 0.224 e. The largest absolute Gasteiger partial charge is 0.384 e. The molecular formula is C34H36FN9O. The number of carbonyl (C=O) groups is 1. The molecule has 45 heavy (non-hydrogen) atoms. The smallest absolute Gasteiger partial charge is 0.224 e. The fourth-order valence-corrected chi connectivity index (χ4v) is 5.25. The maximum atomic E-state index is 14.7. The zero-order valence-electron chi connectivity index (χ0n) is 26.0. The highest BCUT2D eigenvalue weighted by molar-refractivity contribution is 5.98. The Balaban J connectivity index is 1.33. The van der Waals surface area contributed by atoms with Crippen molar-refractivity contribution in [2.45, 2.75) is 27.2 Å². The summed E-state index contributed by atoms with van der Waals surface area (Å²) in [5, 5.41) is 14.8. The van der Waals surface area contributed by atoms with Crippen LogP contribution in [0.25, 0.3) is 55.7 Å². The van der Waals surface area contributed by atoms with Gasteiger partial charge in [0.1, 0.15) is 11.5 Å². The Hall–Kier alpha value is -5.16. The van der Waals surface area contributed by atoms with Gasteiger partial charge in [0.25, 0.3) is 0 Å². The first-order valence-corrected chi connectivity index (χ1v) is 14.8.